The zero-order valence-corrected chi connectivity index (χ0v) is 10.6. The van der Waals surface area contributed by atoms with Gasteiger partial charge in [0.1, 0.15) is 5.82 Å². The number of hydrogen-bond donors (Lipinski definition) is 1. The third-order valence-corrected chi connectivity index (χ3v) is 3.27. The summed E-state index contributed by atoms with van der Waals surface area (Å²) in [5.74, 6) is -0.0534. The zero-order valence-electron chi connectivity index (χ0n) is 9.81. The van der Waals surface area contributed by atoms with Crippen LogP contribution in [0.3, 0.4) is 0 Å². The lowest BCUT2D eigenvalue weighted by molar-refractivity contribution is -0.116. The van der Waals surface area contributed by atoms with Crippen molar-refractivity contribution in [2.45, 2.75) is 13.3 Å². The lowest BCUT2D eigenvalue weighted by Gasteiger charge is -1.99. The van der Waals surface area contributed by atoms with Crippen molar-refractivity contribution in [2.24, 2.45) is 10.2 Å². The first-order valence-corrected chi connectivity index (χ1v) is 6.49. The molecular weight excluding hydrogens is 253 g/mol. The van der Waals surface area contributed by atoms with Gasteiger partial charge < -0.3 is 5.32 Å². The van der Waals surface area contributed by atoms with Crippen LogP contribution in [0.4, 0.5) is 4.39 Å². The molecule has 1 saturated heterocycles. The minimum atomic E-state index is -0.318. The Labute approximate surface area is 108 Å². The number of nitrogens with zero attached hydrogens (tertiary/aromatic N) is 2. The summed E-state index contributed by atoms with van der Waals surface area (Å²) in [6, 6.07) is 5.00. The molecule has 0 atom stereocenters. The Hall–Kier alpha value is -1.69. The predicted molar refractivity (Wildman–Crippen MR) is 71.4 cm³/mol. The smallest absolute Gasteiger partial charge is 0.236 e. The van der Waals surface area contributed by atoms with Gasteiger partial charge in [0.05, 0.1) is 12.0 Å². The van der Waals surface area contributed by atoms with E-state index in [0.29, 0.717) is 16.5 Å². The van der Waals surface area contributed by atoms with Crippen LogP contribution in [0.1, 0.15) is 18.1 Å². The topological polar surface area (TPSA) is 53.8 Å². The Kier molecular flexibility index (Phi) is 4.09. The summed E-state index contributed by atoms with van der Waals surface area (Å²) in [7, 11) is 0. The molecule has 0 unspecified atom stereocenters. The molecule has 0 spiro atoms. The van der Waals surface area contributed by atoms with Gasteiger partial charge in [-0.05, 0) is 18.1 Å². The summed E-state index contributed by atoms with van der Waals surface area (Å²) >= 11 is 1.28. The van der Waals surface area contributed by atoms with Crippen LogP contribution < -0.4 is 5.32 Å². The van der Waals surface area contributed by atoms with E-state index in [2.05, 4.69) is 15.5 Å². The molecule has 1 aromatic rings. The van der Waals surface area contributed by atoms with Gasteiger partial charge in [0, 0.05) is 5.56 Å². The number of halogens is 1. The maximum Gasteiger partial charge on any atom is 0.236 e. The number of nitrogens with one attached hydrogen (secondary N) is 1. The molecule has 0 radical (unpaired) electrons. The SMILES string of the molecule is CCc1ccc(C=NN=C2NC(=O)CS2)c(F)c1. The van der Waals surface area contributed by atoms with E-state index in [1.165, 1.54) is 24.0 Å². The molecule has 6 heteroatoms. The molecule has 0 aromatic heterocycles. The van der Waals surface area contributed by atoms with Gasteiger partial charge in [-0.1, -0.05) is 30.8 Å². The van der Waals surface area contributed by atoms with Gasteiger partial charge in [0.25, 0.3) is 0 Å². The minimum Gasteiger partial charge on any atom is -0.303 e. The third kappa shape index (κ3) is 3.16. The molecule has 1 aliphatic heterocycles. The number of carbonyl (C=O) groups is 1. The van der Waals surface area contributed by atoms with E-state index in [1.54, 1.807) is 6.07 Å². The Morgan fingerprint density at radius 2 is 2.39 bits per heavy atom. The number of thioether (sulfide) groups is 1. The Bertz CT molecular complexity index is 528. The van der Waals surface area contributed by atoms with E-state index in [1.807, 2.05) is 13.0 Å². The first kappa shape index (κ1) is 12.8. The van der Waals surface area contributed by atoms with Crippen LogP contribution in [0.15, 0.2) is 28.4 Å². The molecule has 0 aliphatic carbocycles. The first-order valence-electron chi connectivity index (χ1n) is 5.51. The van der Waals surface area contributed by atoms with Crippen molar-refractivity contribution in [2.75, 3.05) is 5.75 Å². The molecule has 4 nitrogen and oxygen atoms in total. The normalized spacial score (nSPS) is 17.7. The van der Waals surface area contributed by atoms with Crippen LogP contribution in [0.2, 0.25) is 0 Å². The number of amidine groups is 1. The molecule has 94 valence electrons. The van der Waals surface area contributed by atoms with Gasteiger partial charge >= 0.3 is 0 Å². The van der Waals surface area contributed by atoms with E-state index < -0.39 is 0 Å². The Balaban J connectivity index is 2.07. The van der Waals surface area contributed by atoms with Crippen molar-refractivity contribution in [3.8, 4) is 0 Å². The molecule has 1 heterocycles. The van der Waals surface area contributed by atoms with Gasteiger partial charge in [-0.15, -0.1) is 5.10 Å². The lowest BCUT2D eigenvalue weighted by atomic mass is 10.1. The largest absolute Gasteiger partial charge is 0.303 e. The number of rotatable bonds is 3. The highest BCUT2D eigenvalue weighted by Crippen LogP contribution is 2.10. The Morgan fingerprint density at radius 3 is 3.00 bits per heavy atom. The summed E-state index contributed by atoms with van der Waals surface area (Å²) in [6.07, 6.45) is 2.13. The summed E-state index contributed by atoms with van der Waals surface area (Å²) in [4.78, 5) is 10.9. The summed E-state index contributed by atoms with van der Waals surface area (Å²) < 4.78 is 13.6. The highest BCUT2D eigenvalue weighted by atomic mass is 32.2. The minimum absolute atomic E-state index is 0.0903. The van der Waals surface area contributed by atoms with Gasteiger partial charge in [0.15, 0.2) is 5.17 Å². The summed E-state index contributed by atoms with van der Waals surface area (Å²) in [5.41, 5.74) is 1.32. The van der Waals surface area contributed by atoms with E-state index in [-0.39, 0.29) is 11.7 Å². The van der Waals surface area contributed by atoms with Crippen LogP contribution in [-0.4, -0.2) is 23.0 Å². The Morgan fingerprint density at radius 1 is 1.56 bits per heavy atom. The molecule has 0 bridgehead atoms. The standard InChI is InChI=1S/C12H12FN3OS/c1-2-8-3-4-9(10(13)5-8)6-14-16-12-15-11(17)7-18-12/h3-6H,2,7H2,1H3,(H,15,16,17). The van der Waals surface area contributed by atoms with Crippen LogP contribution in [0.25, 0.3) is 0 Å². The first-order chi connectivity index (χ1) is 8.69. The van der Waals surface area contributed by atoms with Crippen molar-refractivity contribution in [3.05, 3.63) is 35.1 Å². The second-order valence-corrected chi connectivity index (χ2v) is 4.66. The molecule has 1 aliphatic rings. The number of hydrogen-bond acceptors (Lipinski definition) is 4. The number of aryl methyl sites for hydroxylation is 1. The maximum atomic E-state index is 13.6. The van der Waals surface area contributed by atoms with Crippen molar-refractivity contribution in [3.63, 3.8) is 0 Å². The fraction of sp³-hybridized carbons (Fsp3) is 0.250. The molecular formula is C12H12FN3OS. The van der Waals surface area contributed by atoms with Crippen LogP contribution >= 0.6 is 11.8 Å². The van der Waals surface area contributed by atoms with E-state index >= 15 is 0 Å². The van der Waals surface area contributed by atoms with Gasteiger partial charge in [0.2, 0.25) is 5.91 Å². The summed E-state index contributed by atoms with van der Waals surface area (Å²) in [5, 5.41) is 10.6. The number of carbonyl (C=O) groups excluding carboxylic acids is 1. The van der Waals surface area contributed by atoms with Crippen molar-refractivity contribution in [1.29, 1.82) is 0 Å². The lowest BCUT2D eigenvalue weighted by Crippen LogP contribution is -2.19. The molecule has 1 N–H and O–H groups in total. The van der Waals surface area contributed by atoms with E-state index in [4.69, 9.17) is 0 Å². The fourth-order valence-electron chi connectivity index (χ4n) is 1.42. The average molecular weight is 265 g/mol. The second kappa shape index (κ2) is 5.77. The number of benzene rings is 1. The fourth-order valence-corrected chi connectivity index (χ4v) is 2.05. The molecule has 18 heavy (non-hydrogen) atoms. The van der Waals surface area contributed by atoms with Crippen LogP contribution in [0, 0.1) is 5.82 Å². The van der Waals surface area contributed by atoms with Crippen molar-refractivity contribution < 1.29 is 9.18 Å². The third-order valence-electron chi connectivity index (χ3n) is 2.40. The quantitative estimate of drug-likeness (QED) is 0.670. The predicted octanol–water partition coefficient (Wildman–Crippen LogP) is 1.94. The van der Waals surface area contributed by atoms with Crippen LogP contribution in [0.5, 0.6) is 0 Å². The second-order valence-electron chi connectivity index (χ2n) is 3.70. The highest BCUT2D eigenvalue weighted by Gasteiger charge is 2.15. The van der Waals surface area contributed by atoms with Crippen molar-refractivity contribution >= 4 is 29.1 Å². The molecule has 1 aromatic carbocycles. The maximum absolute atomic E-state index is 13.6. The van der Waals surface area contributed by atoms with Crippen molar-refractivity contribution in [1.82, 2.24) is 5.32 Å². The van der Waals surface area contributed by atoms with Gasteiger partial charge in [-0.3, -0.25) is 4.79 Å². The van der Waals surface area contributed by atoms with Crippen LogP contribution in [-0.2, 0) is 11.2 Å². The summed E-state index contributed by atoms with van der Waals surface area (Å²) in [6.45, 7) is 1.97. The van der Waals surface area contributed by atoms with E-state index in [9.17, 15) is 9.18 Å². The highest BCUT2D eigenvalue weighted by molar-refractivity contribution is 8.15. The monoisotopic (exact) mass is 265 g/mol. The van der Waals surface area contributed by atoms with Gasteiger partial charge in [-0.25, -0.2) is 4.39 Å². The number of amides is 1. The average Bonchev–Trinajstić information content (AvgIpc) is 2.77. The zero-order chi connectivity index (χ0) is 13.0. The molecule has 1 amide bonds. The molecule has 0 saturated carbocycles. The van der Waals surface area contributed by atoms with E-state index in [0.717, 1.165) is 12.0 Å². The molecule has 2 rings (SSSR count). The van der Waals surface area contributed by atoms with Gasteiger partial charge in [-0.2, -0.15) is 5.10 Å². The molecule has 1 fully saturated rings.